The van der Waals surface area contributed by atoms with Gasteiger partial charge in [-0.25, -0.2) is 4.79 Å². The average molecular weight is 137 g/mol. The maximum absolute atomic E-state index is 10.0. The molecule has 0 bridgehead atoms. The van der Waals surface area contributed by atoms with Gasteiger partial charge in [-0.3, -0.25) is 0 Å². The zero-order valence-electron chi connectivity index (χ0n) is 5.97. The average Bonchev–Trinajstić information content (AvgIpc) is 2.62. The van der Waals surface area contributed by atoms with Gasteiger partial charge in [0.05, 0.1) is 5.54 Å². The first kappa shape index (κ1) is 6.11. The highest BCUT2D eigenvalue weighted by Crippen LogP contribution is 2.56. The quantitative estimate of drug-likeness (QED) is 0.399. The van der Waals surface area contributed by atoms with E-state index < -0.39 is 0 Å². The van der Waals surface area contributed by atoms with Crippen LogP contribution in [0.1, 0.15) is 32.1 Å². The molecule has 0 saturated heterocycles. The highest BCUT2D eigenvalue weighted by Gasteiger charge is 2.55. The Kier molecular flexibility index (Phi) is 1.18. The lowest BCUT2D eigenvalue weighted by Gasteiger charge is -2.14. The van der Waals surface area contributed by atoms with Gasteiger partial charge in [-0.05, 0) is 25.2 Å². The van der Waals surface area contributed by atoms with Crippen molar-refractivity contribution in [1.29, 1.82) is 0 Å². The summed E-state index contributed by atoms with van der Waals surface area (Å²) in [5, 5.41) is 0. The van der Waals surface area contributed by atoms with Gasteiger partial charge in [-0.2, -0.15) is 4.99 Å². The van der Waals surface area contributed by atoms with Crippen molar-refractivity contribution in [2.45, 2.75) is 37.6 Å². The van der Waals surface area contributed by atoms with Crippen molar-refractivity contribution in [3.8, 4) is 0 Å². The Morgan fingerprint density at radius 3 is 3.10 bits per heavy atom. The topological polar surface area (TPSA) is 29.4 Å². The van der Waals surface area contributed by atoms with Crippen molar-refractivity contribution < 1.29 is 4.79 Å². The molecular formula is C8H11NO. The molecule has 2 unspecified atom stereocenters. The number of aliphatic imine (C=N–C) groups is 1. The molecule has 2 heteroatoms. The Balaban J connectivity index is 2.11. The third kappa shape index (κ3) is 0.723. The van der Waals surface area contributed by atoms with Crippen LogP contribution in [0.15, 0.2) is 4.99 Å². The SMILES string of the molecule is O=C=NC12CCCCC1C2. The maximum Gasteiger partial charge on any atom is 0.235 e. The molecule has 0 aliphatic heterocycles. The standard InChI is InChI=1S/C8H11NO/c10-6-9-8-4-2-1-3-7(8)5-8/h7H,1-5H2. The van der Waals surface area contributed by atoms with E-state index in [-0.39, 0.29) is 5.54 Å². The molecule has 0 aromatic heterocycles. The second-order valence-electron chi connectivity index (χ2n) is 3.45. The summed E-state index contributed by atoms with van der Waals surface area (Å²) in [6, 6.07) is 0. The zero-order valence-corrected chi connectivity index (χ0v) is 5.97. The van der Waals surface area contributed by atoms with Gasteiger partial charge >= 0.3 is 0 Å². The Labute approximate surface area is 60.3 Å². The molecular weight excluding hydrogens is 126 g/mol. The summed E-state index contributed by atoms with van der Waals surface area (Å²) in [5.41, 5.74) is 0.0972. The Bertz CT molecular complexity index is 195. The van der Waals surface area contributed by atoms with Crippen LogP contribution in [-0.4, -0.2) is 11.6 Å². The molecule has 2 rings (SSSR count). The first-order valence-corrected chi connectivity index (χ1v) is 3.96. The minimum atomic E-state index is 0.0972. The molecule has 0 heterocycles. The summed E-state index contributed by atoms with van der Waals surface area (Å²) in [7, 11) is 0. The summed E-state index contributed by atoms with van der Waals surface area (Å²) in [5.74, 6) is 0.739. The summed E-state index contributed by atoms with van der Waals surface area (Å²) >= 11 is 0. The van der Waals surface area contributed by atoms with Crippen molar-refractivity contribution in [2.75, 3.05) is 0 Å². The molecule has 2 aliphatic carbocycles. The van der Waals surface area contributed by atoms with Crippen LogP contribution in [0.3, 0.4) is 0 Å². The lowest BCUT2D eigenvalue weighted by atomic mass is 9.96. The van der Waals surface area contributed by atoms with Crippen molar-refractivity contribution in [1.82, 2.24) is 0 Å². The lowest BCUT2D eigenvalue weighted by Crippen LogP contribution is -2.12. The molecule has 0 spiro atoms. The van der Waals surface area contributed by atoms with E-state index in [1.807, 2.05) is 0 Å². The van der Waals surface area contributed by atoms with E-state index in [9.17, 15) is 4.79 Å². The second kappa shape index (κ2) is 1.93. The first-order chi connectivity index (χ1) is 4.87. The van der Waals surface area contributed by atoms with Crippen LogP contribution in [0, 0.1) is 5.92 Å². The highest BCUT2D eigenvalue weighted by atomic mass is 16.1. The van der Waals surface area contributed by atoms with Gasteiger partial charge in [0.15, 0.2) is 0 Å². The van der Waals surface area contributed by atoms with Crippen LogP contribution in [-0.2, 0) is 4.79 Å². The van der Waals surface area contributed by atoms with Gasteiger partial charge in [-0.1, -0.05) is 12.8 Å². The first-order valence-electron chi connectivity index (χ1n) is 3.96. The van der Waals surface area contributed by atoms with E-state index in [0.29, 0.717) is 0 Å². The fourth-order valence-corrected chi connectivity index (χ4v) is 2.15. The Morgan fingerprint density at radius 2 is 2.40 bits per heavy atom. The predicted octanol–water partition coefficient (Wildman–Crippen LogP) is 1.65. The molecule has 0 radical (unpaired) electrons. The number of isocyanates is 1. The van der Waals surface area contributed by atoms with Crippen molar-refractivity contribution in [2.24, 2.45) is 10.9 Å². The largest absolute Gasteiger partial charge is 0.235 e. The lowest BCUT2D eigenvalue weighted by molar-refractivity contribution is 0.426. The number of hydrogen-bond acceptors (Lipinski definition) is 2. The monoisotopic (exact) mass is 137 g/mol. The van der Waals surface area contributed by atoms with E-state index in [0.717, 1.165) is 18.8 Å². The third-order valence-electron chi connectivity index (χ3n) is 2.88. The van der Waals surface area contributed by atoms with Gasteiger partial charge in [-0.15, -0.1) is 0 Å². The molecule has 10 heavy (non-hydrogen) atoms. The van der Waals surface area contributed by atoms with Crippen LogP contribution in [0.5, 0.6) is 0 Å². The van der Waals surface area contributed by atoms with Crippen LogP contribution in [0.25, 0.3) is 0 Å². The number of hydrogen-bond donors (Lipinski definition) is 0. The van der Waals surface area contributed by atoms with E-state index in [4.69, 9.17) is 0 Å². The van der Waals surface area contributed by atoms with Gasteiger partial charge in [0.2, 0.25) is 6.08 Å². The van der Waals surface area contributed by atoms with Gasteiger partial charge < -0.3 is 0 Å². The van der Waals surface area contributed by atoms with Crippen LogP contribution < -0.4 is 0 Å². The summed E-state index contributed by atoms with van der Waals surface area (Å²) in [6.07, 6.45) is 7.85. The normalized spacial score (nSPS) is 43.4. The Hall–Kier alpha value is -0.620. The molecule has 2 aliphatic rings. The van der Waals surface area contributed by atoms with Gasteiger partial charge in [0.25, 0.3) is 0 Å². The molecule has 2 atom stereocenters. The molecule has 2 fully saturated rings. The molecule has 0 N–H and O–H groups in total. The fraction of sp³-hybridized carbons (Fsp3) is 0.875. The van der Waals surface area contributed by atoms with Crippen LogP contribution in [0.2, 0.25) is 0 Å². The van der Waals surface area contributed by atoms with Gasteiger partial charge in [0, 0.05) is 0 Å². The van der Waals surface area contributed by atoms with Crippen molar-refractivity contribution in [3.05, 3.63) is 0 Å². The molecule has 2 saturated carbocycles. The molecule has 54 valence electrons. The molecule has 0 amide bonds. The van der Waals surface area contributed by atoms with Gasteiger partial charge in [0.1, 0.15) is 0 Å². The maximum atomic E-state index is 10.0. The van der Waals surface area contributed by atoms with Crippen molar-refractivity contribution in [3.63, 3.8) is 0 Å². The summed E-state index contributed by atoms with van der Waals surface area (Å²) < 4.78 is 0. The minimum Gasteiger partial charge on any atom is -0.211 e. The number of fused-ring (bicyclic) bond motifs is 1. The van der Waals surface area contributed by atoms with E-state index in [2.05, 4.69) is 4.99 Å². The second-order valence-corrected chi connectivity index (χ2v) is 3.45. The number of rotatable bonds is 1. The summed E-state index contributed by atoms with van der Waals surface area (Å²) in [6.45, 7) is 0. The molecule has 0 aromatic carbocycles. The minimum absolute atomic E-state index is 0.0972. The highest BCUT2D eigenvalue weighted by molar-refractivity contribution is 5.37. The van der Waals surface area contributed by atoms with Crippen LogP contribution in [0.4, 0.5) is 0 Å². The third-order valence-corrected chi connectivity index (χ3v) is 2.88. The number of carbonyl (C=O) groups excluding carboxylic acids is 1. The van der Waals surface area contributed by atoms with E-state index in [1.165, 1.54) is 19.3 Å². The summed E-state index contributed by atoms with van der Waals surface area (Å²) in [4.78, 5) is 13.9. The fourth-order valence-electron chi connectivity index (χ4n) is 2.15. The van der Waals surface area contributed by atoms with Crippen molar-refractivity contribution >= 4 is 6.08 Å². The number of nitrogens with zero attached hydrogens (tertiary/aromatic N) is 1. The predicted molar refractivity (Wildman–Crippen MR) is 37.4 cm³/mol. The Morgan fingerprint density at radius 1 is 1.50 bits per heavy atom. The molecule has 2 nitrogen and oxygen atoms in total. The van der Waals surface area contributed by atoms with E-state index in [1.54, 1.807) is 6.08 Å². The smallest absolute Gasteiger partial charge is 0.211 e. The molecule has 0 aromatic rings. The van der Waals surface area contributed by atoms with Crippen LogP contribution >= 0.6 is 0 Å². The van der Waals surface area contributed by atoms with E-state index >= 15 is 0 Å². The zero-order chi connectivity index (χ0) is 7.03.